The molecule has 1 N–H and O–H groups in total. The minimum atomic E-state index is -0.129. The van der Waals surface area contributed by atoms with E-state index in [-0.39, 0.29) is 11.9 Å². The van der Waals surface area contributed by atoms with E-state index in [0.29, 0.717) is 10.3 Å². The van der Waals surface area contributed by atoms with Crippen LogP contribution in [0.5, 0.6) is 0 Å². The number of pyridine rings is 1. The molecule has 0 aliphatic rings. The number of nitrogens with zero attached hydrogens (tertiary/aromatic N) is 2. The molecule has 18 heavy (non-hydrogen) atoms. The van der Waals surface area contributed by atoms with Crippen LogP contribution in [0, 0.1) is 0 Å². The Bertz CT molecular complexity index is 394. The van der Waals surface area contributed by atoms with Crippen LogP contribution < -0.4 is 5.32 Å². The lowest BCUT2D eigenvalue weighted by Crippen LogP contribution is -2.42. The van der Waals surface area contributed by atoms with Gasteiger partial charge < -0.3 is 10.2 Å². The summed E-state index contributed by atoms with van der Waals surface area (Å²) in [6.07, 6.45) is 0. The topological polar surface area (TPSA) is 45.2 Å². The first kappa shape index (κ1) is 15.1. The van der Waals surface area contributed by atoms with Crippen LogP contribution in [0.4, 0.5) is 0 Å². The Hall–Kier alpha value is -0.940. The zero-order valence-electron chi connectivity index (χ0n) is 11.1. The molecule has 0 radical (unpaired) electrons. The first-order chi connectivity index (χ1) is 8.56. The van der Waals surface area contributed by atoms with Crippen molar-refractivity contribution in [1.29, 1.82) is 0 Å². The van der Waals surface area contributed by atoms with Gasteiger partial charge in [0.2, 0.25) is 0 Å². The standard InChI is InChI=1S/C13H20BrN3O/c1-4-17(5-2)9-10(3)15-13(18)11-7-6-8-12(14)16-11/h6-8,10H,4-5,9H2,1-3H3,(H,15,18). The molecule has 0 aliphatic heterocycles. The Morgan fingerprint density at radius 1 is 1.44 bits per heavy atom. The largest absolute Gasteiger partial charge is 0.347 e. The number of halogens is 1. The van der Waals surface area contributed by atoms with E-state index in [0.717, 1.165) is 19.6 Å². The molecule has 0 saturated carbocycles. The first-order valence-corrected chi connectivity index (χ1v) is 7.01. The molecule has 5 heteroatoms. The second kappa shape index (κ2) is 7.48. The molecule has 0 bridgehead atoms. The van der Waals surface area contributed by atoms with E-state index in [1.807, 2.05) is 6.92 Å². The highest BCUT2D eigenvalue weighted by atomic mass is 79.9. The van der Waals surface area contributed by atoms with Crippen LogP contribution in [0.1, 0.15) is 31.3 Å². The normalized spacial score (nSPS) is 12.5. The summed E-state index contributed by atoms with van der Waals surface area (Å²) in [5.41, 5.74) is 0.441. The van der Waals surface area contributed by atoms with Crippen LogP contribution in [0.15, 0.2) is 22.8 Å². The maximum Gasteiger partial charge on any atom is 0.270 e. The predicted octanol–water partition coefficient (Wildman–Crippen LogP) is 2.30. The van der Waals surface area contributed by atoms with Crippen molar-refractivity contribution in [1.82, 2.24) is 15.2 Å². The molecule has 1 aromatic rings. The zero-order chi connectivity index (χ0) is 13.5. The van der Waals surface area contributed by atoms with Crippen LogP contribution in [-0.2, 0) is 0 Å². The fourth-order valence-electron chi connectivity index (χ4n) is 1.75. The predicted molar refractivity (Wildman–Crippen MR) is 76.7 cm³/mol. The smallest absolute Gasteiger partial charge is 0.270 e. The molecule has 0 aromatic carbocycles. The monoisotopic (exact) mass is 313 g/mol. The van der Waals surface area contributed by atoms with Crippen molar-refractivity contribution in [3.8, 4) is 0 Å². The summed E-state index contributed by atoms with van der Waals surface area (Å²) in [6.45, 7) is 9.08. The molecule has 1 amide bonds. The molecule has 100 valence electrons. The van der Waals surface area contributed by atoms with Gasteiger partial charge >= 0.3 is 0 Å². The van der Waals surface area contributed by atoms with Gasteiger partial charge in [0.1, 0.15) is 10.3 Å². The molecule has 0 saturated heterocycles. The highest BCUT2D eigenvalue weighted by Crippen LogP contribution is 2.06. The summed E-state index contributed by atoms with van der Waals surface area (Å²) in [4.78, 5) is 18.4. The Morgan fingerprint density at radius 2 is 2.11 bits per heavy atom. The zero-order valence-corrected chi connectivity index (χ0v) is 12.7. The van der Waals surface area contributed by atoms with Gasteiger partial charge in [0.25, 0.3) is 5.91 Å². The third-order valence-electron chi connectivity index (χ3n) is 2.75. The maximum atomic E-state index is 12.0. The van der Waals surface area contributed by atoms with E-state index in [9.17, 15) is 4.79 Å². The Labute approximate surface area is 117 Å². The molecule has 0 aliphatic carbocycles. The molecule has 1 rings (SSSR count). The van der Waals surface area contributed by atoms with E-state index in [4.69, 9.17) is 0 Å². The van der Waals surface area contributed by atoms with Gasteiger partial charge in [-0.05, 0) is 48.1 Å². The molecular formula is C13H20BrN3O. The van der Waals surface area contributed by atoms with Crippen molar-refractivity contribution >= 4 is 21.8 Å². The Kier molecular flexibility index (Phi) is 6.29. The average Bonchev–Trinajstić information content (AvgIpc) is 2.35. The summed E-state index contributed by atoms with van der Waals surface area (Å²) < 4.78 is 0.673. The van der Waals surface area contributed by atoms with Crippen molar-refractivity contribution < 1.29 is 4.79 Å². The third kappa shape index (κ3) is 4.74. The lowest BCUT2D eigenvalue weighted by atomic mass is 10.2. The molecular weight excluding hydrogens is 294 g/mol. The van der Waals surface area contributed by atoms with E-state index in [1.165, 1.54) is 0 Å². The van der Waals surface area contributed by atoms with Crippen molar-refractivity contribution in [3.05, 3.63) is 28.5 Å². The van der Waals surface area contributed by atoms with Crippen LogP contribution in [0.2, 0.25) is 0 Å². The number of hydrogen-bond donors (Lipinski definition) is 1. The number of hydrogen-bond acceptors (Lipinski definition) is 3. The number of carbonyl (C=O) groups is 1. The van der Waals surface area contributed by atoms with Gasteiger partial charge in [0.05, 0.1) is 0 Å². The van der Waals surface area contributed by atoms with Crippen molar-refractivity contribution in [2.75, 3.05) is 19.6 Å². The van der Waals surface area contributed by atoms with Gasteiger partial charge in [-0.3, -0.25) is 4.79 Å². The lowest BCUT2D eigenvalue weighted by Gasteiger charge is -2.23. The van der Waals surface area contributed by atoms with Gasteiger partial charge in [0, 0.05) is 12.6 Å². The van der Waals surface area contributed by atoms with Crippen molar-refractivity contribution in [2.45, 2.75) is 26.8 Å². The highest BCUT2D eigenvalue weighted by Gasteiger charge is 2.13. The second-order valence-electron chi connectivity index (χ2n) is 4.21. The number of aromatic nitrogens is 1. The summed E-state index contributed by atoms with van der Waals surface area (Å²) in [7, 11) is 0. The van der Waals surface area contributed by atoms with Gasteiger partial charge in [-0.2, -0.15) is 0 Å². The van der Waals surface area contributed by atoms with Crippen molar-refractivity contribution in [3.63, 3.8) is 0 Å². The molecule has 1 atom stereocenters. The molecule has 1 aromatic heterocycles. The fraction of sp³-hybridized carbons (Fsp3) is 0.538. The van der Waals surface area contributed by atoms with Crippen LogP contribution >= 0.6 is 15.9 Å². The summed E-state index contributed by atoms with van der Waals surface area (Å²) >= 11 is 3.26. The number of nitrogens with one attached hydrogen (secondary N) is 1. The van der Waals surface area contributed by atoms with Crippen LogP contribution in [0.25, 0.3) is 0 Å². The molecule has 0 fully saturated rings. The highest BCUT2D eigenvalue weighted by molar-refractivity contribution is 9.10. The average molecular weight is 314 g/mol. The lowest BCUT2D eigenvalue weighted by molar-refractivity contribution is 0.0925. The Morgan fingerprint density at radius 3 is 2.67 bits per heavy atom. The fourth-order valence-corrected chi connectivity index (χ4v) is 2.09. The van der Waals surface area contributed by atoms with E-state index in [2.05, 4.69) is 45.0 Å². The van der Waals surface area contributed by atoms with Crippen molar-refractivity contribution in [2.24, 2.45) is 0 Å². The molecule has 4 nitrogen and oxygen atoms in total. The van der Waals surface area contributed by atoms with Crippen LogP contribution in [0.3, 0.4) is 0 Å². The van der Waals surface area contributed by atoms with E-state index >= 15 is 0 Å². The van der Waals surface area contributed by atoms with Gasteiger partial charge in [0.15, 0.2) is 0 Å². The van der Waals surface area contributed by atoms with Gasteiger partial charge in [-0.1, -0.05) is 19.9 Å². The van der Waals surface area contributed by atoms with Gasteiger partial charge in [-0.15, -0.1) is 0 Å². The summed E-state index contributed by atoms with van der Waals surface area (Å²) in [6, 6.07) is 5.43. The Balaban J connectivity index is 2.54. The summed E-state index contributed by atoms with van der Waals surface area (Å²) in [5.74, 6) is -0.129. The summed E-state index contributed by atoms with van der Waals surface area (Å²) in [5, 5.41) is 2.96. The minimum Gasteiger partial charge on any atom is -0.347 e. The number of amides is 1. The quantitative estimate of drug-likeness (QED) is 0.820. The molecule has 1 heterocycles. The number of carbonyl (C=O) groups excluding carboxylic acids is 1. The third-order valence-corrected chi connectivity index (χ3v) is 3.19. The van der Waals surface area contributed by atoms with Gasteiger partial charge in [-0.25, -0.2) is 4.98 Å². The van der Waals surface area contributed by atoms with Crippen LogP contribution in [-0.4, -0.2) is 41.5 Å². The minimum absolute atomic E-state index is 0.109. The number of likely N-dealkylation sites (N-methyl/N-ethyl adjacent to an activating group) is 1. The maximum absolute atomic E-state index is 12.0. The van der Waals surface area contributed by atoms with E-state index < -0.39 is 0 Å². The molecule has 1 unspecified atom stereocenters. The molecule has 0 spiro atoms. The SMILES string of the molecule is CCN(CC)CC(C)NC(=O)c1cccc(Br)n1. The van der Waals surface area contributed by atoms with E-state index in [1.54, 1.807) is 18.2 Å². The second-order valence-corrected chi connectivity index (χ2v) is 5.02. The first-order valence-electron chi connectivity index (χ1n) is 6.22. The number of rotatable bonds is 6.